The maximum Gasteiger partial charge on any atom is 0.257 e. The summed E-state index contributed by atoms with van der Waals surface area (Å²) in [6.07, 6.45) is 4.94. The third-order valence-electron chi connectivity index (χ3n) is 3.33. The molecule has 1 aromatic carbocycles. The first kappa shape index (κ1) is 12.4. The smallest absolute Gasteiger partial charge is 0.257 e. The first-order chi connectivity index (χ1) is 9.72. The molecular weight excluding hydrogens is 258 g/mol. The number of carbonyl (C=O) groups is 2. The van der Waals surface area contributed by atoms with Crippen LogP contribution in [0.5, 0.6) is 5.75 Å². The Morgan fingerprint density at radius 3 is 2.80 bits per heavy atom. The van der Waals surface area contributed by atoms with Gasteiger partial charge in [0, 0.05) is 12.4 Å². The summed E-state index contributed by atoms with van der Waals surface area (Å²) in [6.45, 7) is 0. The van der Waals surface area contributed by atoms with E-state index in [-0.39, 0.29) is 18.2 Å². The van der Waals surface area contributed by atoms with Gasteiger partial charge in [0.2, 0.25) is 5.91 Å². The van der Waals surface area contributed by atoms with Crippen LogP contribution in [0.1, 0.15) is 12.5 Å². The fraction of sp³-hybridized carbons (Fsp3) is 0.214. The van der Waals surface area contributed by atoms with E-state index >= 15 is 0 Å². The number of anilines is 1. The summed E-state index contributed by atoms with van der Waals surface area (Å²) in [4.78, 5) is 29.8. The molecule has 0 saturated carbocycles. The van der Waals surface area contributed by atoms with Crippen molar-refractivity contribution in [1.82, 2.24) is 9.55 Å². The molecule has 20 heavy (non-hydrogen) atoms. The first-order valence-electron chi connectivity index (χ1n) is 6.19. The molecule has 1 atom stereocenters. The highest BCUT2D eigenvalue weighted by molar-refractivity contribution is 6.22. The van der Waals surface area contributed by atoms with Crippen LogP contribution in [0.2, 0.25) is 0 Å². The molecule has 102 valence electrons. The monoisotopic (exact) mass is 271 g/mol. The summed E-state index contributed by atoms with van der Waals surface area (Å²) in [6, 6.07) is 6.45. The number of amides is 2. The molecule has 0 bridgehead atoms. The Balaban J connectivity index is 1.99. The molecular formula is C14H13N3O3. The third-order valence-corrected chi connectivity index (χ3v) is 3.33. The number of ether oxygens (including phenoxy) is 1. The van der Waals surface area contributed by atoms with Crippen molar-refractivity contribution in [1.29, 1.82) is 0 Å². The zero-order valence-corrected chi connectivity index (χ0v) is 10.9. The first-order valence-corrected chi connectivity index (χ1v) is 6.19. The molecule has 2 aromatic rings. The van der Waals surface area contributed by atoms with Crippen LogP contribution in [0.3, 0.4) is 0 Å². The van der Waals surface area contributed by atoms with Crippen molar-refractivity contribution < 1.29 is 14.3 Å². The van der Waals surface area contributed by atoms with E-state index in [9.17, 15) is 9.59 Å². The van der Waals surface area contributed by atoms with Crippen LogP contribution in [0.4, 0.5) is 5.69 Å². The molecule has 1 aliphatic heterocycles. The highest BCUT2D eigenvalue weighted by Gasteiger charge is 2.41. The predicted molar refractivity (Wildman–Crippen MR) is 71.4 cm³/mol. The van der Waals surface area contributed by atoms with E-state index in [4.69, 9.17) is 4.74 Å². The minimum atomic E-state index is -0.532. The summed E-state index contributed by atoms with van der Waals surface area (Å²) < 4.78 is 6.86. The van der Waals surface area contributed by atoms with Gasteiger partial charge in [0.25, 0.3) is 5.91 Å². The Bertz CT molecular complexity index is 651. The Kier molecular flexibility index (Phi) is 2.98. The molecule has 6 nitrogen and oxygen atoms in total. The largest absolute Gasteiger partial charge is 0.495 e. The zero-order chi connectivity index (χ0) is 14.1. The molecule has 1 fully saturated rings. The average molecular weight is 271 g/mol. The summed E-state index contributed by atoms with van der Waals surface area (Å²) in [7, 11) is 1.51. The summed E-state index contributed by atoms with van der Waals surface area (Å²) in [5.74, 6) is -0.00354. The Hall–Kier alpha value is -2.63. The fourth-order valence-electron chi connectivity index (χ4n) is 2.37. The van der Waals surface area contributed by atoms with E-state index in [0.29, 0.717) is 11.4 Å². The van der Waals surface area contributed by atoms with E-state index in [2.05, 4.69) is 4.98 Å². The number of methoxy groups -OCH3 is 1. The van der Waals surface area contributed by atoms with E-state index in [1.807, 2.05) is 0 Å². The number of imide groups is 1. The van der Waals surface area contributed by atoms with Crippen molar-refractivity contribution in [3.8, 4) is 5.75 Å². The fourth-order valence-corrected chi connectivity index (χ4v) is 2.37. The van der Waals surface area contributed by atoms with Crippen LogP contribution in [0, 0.1) is 0 Å². The SMILES string of the molecule is COc1ccccc1N1C(=O)CC(n2ccnc2)C1=O. The Labute approximate surface area is 115 Å². The van der Waals surface area contributed by atoms with Crippen molar-refractivity contribution in [2.24, 2.45) is 0 Å². The molecule has 0 radical (unpaired) electrons. The molecule has 1 aliphatic rings. The van der Waals surface area contributed by atoms with Crippen LogP contribution in [-0.2, 0) is 9.59 Å². The van der Waals surface area contributed by atoms with Crippen LogP contribution >= 0.6 is 0 Å². The lowest BCUT2D eigenvalue weighted by atomic mass is 10.2. The number of para-hydroxylation sites is 2. The molecule has 0 N–H and O–H groups in total. The van der Waals surface area contributed by atoms with Crippen molar-refractivity contribution in [2.45, 2.75) is 12.5 Å². The van der Waals surface area contributed by atoms with E-state index in [1.165, 1.54) is 12.0 Å². The minimum absolute atomic E-state index is 0.132. The lowest BCUT2D eigenvalue weighted by Gasteiger charge is -2.18. The highest BCUT2D eigenvalue weighted by Crippen LogP contribution is 2.35. The number of rotatable bonds is 3. The molecule has 6 heteroatoms. The van der Waals surface area contributed by atoms with Gasteiger partial charge in [0.05, 0.1) is 25.5 Å². The maximum atomic E-state index is 12.5. The van der Waals surface area contributed by atoms with Gasteiger partial charge in [0.1, 0.15) is 11.8 Å². The van der Waals surface area contributed by atoms with E-state index in [1.54, 1.807) is 47.6 Å². The number of carbonyl (C=O) groups excluding carboxylic acids is 2. The molecule has 0 spiro atoms. The zero-order valence-electron chi connectivity index (χ0n) is 10.9. The van der Waals surface area contributed by atoms with Crippen LogP contribution in [-0.4, -0.2) is 28.5 Å². The normalized spacial score (nSPS) is 18.6. The molecule has 3 rings (SSSR count). The standard InChI is InChI=1S/C14H13N3O3/c1-20-12-5-3-2-4-10(12)17-13(18)8-11(14(17)19)16-7-6-15-9-16/h2-7,9,11H,8H2,1H3. The lowest BCUT2D eigenvalue weighted by molar-refractivity contribution is -0.122. The van der Waals surface area contributed by atoms with Crippen LogP contribution in [0.25, 0.3) is 0 Å². The van der Waals surface area contributed by atoms with Crippen molar-refractivity contribution >= 4 is 17.5 Å². The van der Waals surface area contributed by atoms with Gasteiger partial charge in [0.15, 0.2) is 0 Å². The summed E-state index contributed by atoms with van der Waals surface area (Å²) >= 11 is 0. The topological polar surface area (TPSA) is 64.4 Å². The van der Waals surface area contributed by atoms with E-state index in [0.717, 1.165) is 0 Å². The van der Waals surface area contributed by atoms with Crippen molar-refractivity contribution in [3.05, 3.63) is 43.0 Å². The summed E-state index contributed by atoms with van der Waals surface area (Å²) in [5.41, 5.74) is 0.479. The third kappa shape index (κ3) is 1.85. The maximum absolute atomic E-state index is 12.5. The molecule has 1 aromatic heterocycles. The second-order valence-electron chi connectivity index (χ2n) is 4.47. The van der Waals surface area contributed by atoms with Gasteiger partial charge in [-0.2, -0.15) is 0 Å². The number of aromatic nitrogens is 2. The molecule has 2 amide bonds. The van der Waals surface area contributed by atoms with Gasteiger partial charge >= 0.3 is 0 Å². The second kappa shape index (κ2) is 4.80. The highest BCUT2D eigenvalue weighted by atomic mass is 16.5. The summed E-state index contributed by atoms with van der Waals surface area (Å²) in [5, 5.41) is 0. The van der Waals surface area contributed by atoms with Gasteiger partial charge in [-0.25, -0.2) is 9.88 Å². The van der Waals surface area contributed by atoms with Crippen molar-refractivity contribution in [3.63, 3.8) is 0 Å². The second-order valence-corrected chi connectivity index (χ2v) is 4.47. The quantitative estimate of drug-likeness (QED) is 0.791. The molecule has 1 unspecified atom stereocenters. The predicted octanol–water partition coefficient (Wildman–Crippen LogP) is 1.40. The van der Waals surface area contributed by atoms with Gasteiger partial charge in [-0.1, -0.05) is 12.1 Å². The number of hydrogen-bond acceptors (Lipinski definition) is 4. The van der Waals surface area contributed by atoms with E-state index < -0.39 is 6.04 Å². The Morgan fingerprint density at radius 1 is 1.30 bits per heavy atom. The minimum Gasteiger partial charge on any atom is -0.495 e. The molecule has 1 saturated heterocycles. The van der Waals surface area contributed by atoms with Gasteiger partial charge < -0.3 is 9.30 Å². The number of benzene rings is 1. The van der Waals surface area contributed by atoms with Crippen molar-refractivity contribution in [2.75, 3.05) is 12.0 Å². The van der Waals surface area contributed by atoms with Crippen LogP contribution in [0.15, 0.2) is 43.0 Å². The molecule has 2 heterocycles. The van der Waals surface area contributed by atoms with Gasteiger partial charge in [-0.3, -0.25) is 9.59 Å². The molecule has 0 aliphatic carbocycles. The average Bonchev–Trinajstić information content (AvgIpc) is 3.07. The Morgan fingerprint density at radius 2 is 2.10 bits per heavy atom. The number of nitrogens with zero attached hydrogens (tertiary/aromatic N) is 3. The number of imidazole rings is 1. The van der Waals surface area contributed by atoms with Gasteiger partial charge in [-0.15, -0.1) is 0 Å². The van der Waals surface area contributed by atoms with Crippen LogP contribution < -0.4 is 9.64 Å². The van der Waals surface area contributed by atoms with Gasteiger partial charge in [-0.05, 0) is 12.1 Å². The lowest BCUT2D eigenvalue weighted by Crippen LogP contribution is -2.31. The number of hydrogen-bond donors (Lipinski definition) is 0.